The molecule has 0 aliphatic carbocycles. The number of methoxy groups -OCH3 is 2. The van der Waals surface area contributed by atoms with Crippen molar-refractivity contribution in [2.24, 2.45) is 0 Å². The van der Waals surface area contributed by atoms with Crippen LogP contribution in [0, 0.1) is 0 Å². The van der Waals surface area contributed by atoms with Gasteiger partial charge in [0.05, 0.1) is 25.4 Å². The van der Waals surface area contributed by atoms with Crippen LogP contribution in [0.3, 0.4) is 0 Å². The summed E-state index contributed by atoms with van der Waals surface area (Å²) in [6.45, 7) is 0.163. The molecule has 2 aromatic heterocycles. The van der Waals surface area contributed by atoms with Crippen LogP contribution >= 0.6 is 0 Å². The lowest BCUT2D eigenvalue weighted by Crippen LogP contribution is -2.07. The van der Waals surface area contributed by atoms with Gasteiger partial charge in [-0.2, -0.15) is 0 Å². The Morgan fingerprint density at radius 3 is 2.52 bits per heavy atom. The molecule has 4 aromatic rings. The molecule has 136 valence electrons. The molecule has 0 saturated carbocycles. The van der Waals surface area contributed by atoms with Gasteiger partial charge in [0, 0.05) is 29.0 Å². The first-order valence-corrected chi connectivity index (χ1v) is 8.43. The van der Waals surface area contributed by atoms with E-state index >= 15 is 0 Å². The van der Waals surface area contributed by atoms with Gasteiger partial charge in [0.25, 0.3) is 0 Å². The van der Waals surface area contributed by atoms with Crippen LogP contribution in [0.5, 0.6) is 5.75 Å². The Hall–Kier alpha value is -3.38. The zero-order chi connectivity index (χ0) is 19.0. The Morgan fingerprint density at radius 1 is 1.07 bits per heavy atom. The smallest absolute Gasteiger partial charge is 0.354 e. The number of hydrogen-bond donors (Lipinski definition) is 2. The number of carboxylic acids is 1. The molecule has 0 unspecified atom stereocenters. The molecule has 0 bridgehead atoms. The highest BCUT2D eigenvalue weighted by atomic mass is 16.5. The molecule has 0 fully saturated rings. The van der Waals surface area contributed by atoms with E-state index in [0.717, 1.165) is 38.7 Å². The summed E-state index contributed by atoms with van der Waals surface area (Å²) in [5, 5.41) is 11.3. The van der Waals surface area contributed by atoms with E-state index in [1.165, 1.54) is 0 Å². The number of benzene rings is 2. The SMILES string of the molecule is COCc1c(C(=O)O)ncc2[nH]c3cccc(-c4ccc(OC)cc4)c3c12. The third-order valence-electron chi connectivity index (χ3n) is 4.66. The van der Waals surface area contributed by atoms with Gasteiger partial charge >= 0.3 is 5.97 Å². The minimum atomic E-state index is -1.07. The predicted molar refractivity (Wildman–Crippen MR) is 103 cm³/mol. The van der Waals surface area contributed by atoms with Gasteiger partial charge in [0.2, 0.25) is 0 Å². The molecular weight excluding hydrogens is 344 g/mol. The molecule has 6 nitrogen and oxygen atoms in total. The van der Waals surface area contributed by atoms with E-state index in [9.17, 15) is 9.90 Å². The number of H-pyrrole nitrogens is 1. The van der Waals surface area contributed by atoms with Gasteiger partial charge in [-0.05, 0) is 29.3 Å². The van der Waals surface area contributed by atoms with Crippen LogP contribution in [0.15, 0.2) is 48.7 Å². The van der Waals surface area contributed by atoms with Crippen molar-refractivity contribution in [3.8, 4) is 16.9 Å². The maximum Gasteiger partial charge on any atom is 0.354 e. The van der Waals surface area contributed by atoms with Crippen LogP contribution in [0.4, 0.5) is 0 Å². The summed E-state index contributed by atoms with van der Waals surface area (Å²) < 4.78 is 10.5. The number of hydrogen-bond acceptors (Lipinski definition) is 4. The quantitative estimate of drug-likeness (QED) is 0.555. The molecule has 2 N–H and O–H groups in total. The first-order chi connectivity index (χ1) is 13.1. The van der Waals surface area contributed by atoms with Gasteiger partial charge in [-0.3, -0.25) is 0 Å². The van der Waals surface area contributed by atoms with Crippen LogP contribution in [-0.2, 0) is 11.3 Å². The number of nitrogens with one attached hydrogen (secondary N) is 1. The molecule has 0 radical (unpaired) electrons. The third-order valence-corrected chi connectivity index (χ3v) is 4.66. The number of aromatic carboxylic acids is 1. The fourth-order valence-corrected chi connectivity index (χ4v) is 3.48. The summed E-state index contributed by atoms with van der Waals surface area (Å²) in [5.74, 6) is -0.289. The lowest BCUT2D eigenvalue weighted by Gasteiger charge is -2.09. The van der Waals surface area contributed by atoms with E-state index in [0.29, 0.717) is 5.56 Å². The molecule has 6 heteroatoms. The molecule has 0 aliphatic rings. The normalized spacial score (nSPS) is 11.2. The largest absolute Gasteiger partial charge is 0.497 e. The highest BCUT2D eigenvalue weighted by Gasteiger charge is 2.20. The summed E-state index contributed by atoms with van der Waals surface area (Å²) in [6, 6.07) is 13.8. The van der Waals surface area contributed by atoms with Crippen molar-refractivity contribution in [2.75, 3.05) is 14.2 Å². The minimum Gasteiger partial charge on any atom is -0.497 e. The number of nitrogens with zero attached hydrogens (tertiary/aromatic N) is 1. The number of pyridine rings is 1. The molecule has 4 rings (SSSR count). The Balaban J connectivity index is 2.08. The van der Waals surface area contributed by atoms with Crippen molar-refractivity contribution in [3.05, 3.63) is 59.9 Å². The van der Waals surface area contributed by atoms with Crippen molar-refractivity contribution < 1.29 is 19.4 Å². The lowest BCUT2D eigenvalue weighted by atomic mass is 9.97. The van der Waals surface area contributed by atoms with Gasteiger partial charge < -0.3 is 19.6 Å². The van der Waals surface area contributed by atoms with Crippen LogP contribution in [0.2, 0.25) is 0 Å². The highest BCUT2D eigenvalue weighted by Crippen LogP contribution is 2.37. The molecule has 0 atom stereocenters. The standard InChI is InChI=1S/C21H18N2O4/c1-26-11-15-19-17(10-22-20(15)21(24)25)23-16-5-3-4-14(18(16)19)12-6-8-13(27-2)9-7-12/h3-10,23H,11H2,1-2H3,(H,24,25). The highest BCUT2D eigenvalue weighted by molar-refractivity contribution is 6.16. The lowest BCUT2D eigenvalue weighted by molar-refractivity contribution is 0.0685. The first kappa shape index (κ1) is 17.1. The van der Waals surface area contributed by atoms with Crippen molar-refractivity contribution in [2.45, 2.75) is 6.61 Å². The van der Waals surface area contributed by atoms with Crippen molar-refractivity contribution in [1.29, 1.82) is 0 Å². The summed E-state index contributed by atoms with van der Waals surface area (Å²) in [5.41, 5.74) is 4.29. The second-order valence-corrected chi connectivity index (χ2v) is 6.19. The Bertz CT molecular complexity index is 1150. The summed E-state index contributed by atoms with van der Waals surface area (Å²) in [6.07, 6.45) is 1.57. The van der Waals surface area contributed by atoms with Crippen LogP contribution in [0.25, 0.3) is 32.9 Å². The van der Waals surface area contributed by atoms with Gasteiger partial charge in [-0.25, -0.2) is 9.78 Å². The molecule has 0 spiro atoms. The van der Waals surface area contributed by atoms with Crippen molar-refractivity contribution in [3.63, 3.8) is 0 Å². The molecule has 2 aromatic carbocycles. The van der Waals surface area contributed by atoms with E-state index in [-0.39, 0.29) is 12.3 Å². The average Bonchev–Trinajstić information content (AvgIpc) is 3.07. The number of fused-ring (bicyclic) bond motifs is 3. The van der Waals surface area contributed by atoms with E-state index in [2.05, 4.69) is 9.97 Å². The summed E-state index contributed by atoms with van der Waals surface area (Å²) >= 11 is 0. The average molecular weight is 362 g/mol. The second kappa shape index (κ2) is 6.74. The van der Waals surface area contributed by atoms with Crippen LogP contribution in [-0.4, -0.2) is 35.3 Å². The first-order valence-electron chi connectivity index (χ1n) is 8.43. The number of carbonyl (C=O) groups is 1. The van der Waals surface area contributed by atoms with Gasteiger partial charge in [0.1, 0.15) is 5.75 Å². The predicted octanol–water partition coefficient (Wildman–Crippen LogP) is 4.24. The van der Waals surface area contributed by atoms with Crippen LogP contribution < -0.4 is 4.74 Å². The maximum atomic E-state index is 11.7. The van der Waals surface area contributed by atoms with E-state index in [1.54, 1.807) is 20.4 Å². The number of aromatic amines is 1. The van der Waals surface area contributed by atoms with Crippen molar-refractivity contribution >= 4 is 27.8 Å². The number of rotatable bonds is 5. The molecule has 2 heterocycles. The van der Waals surface area contributed by atoms with Gasteiger partial charge in [-0.15, -0.1) is 0 Å². The molecule has 27 heavy (non-hydrogen) atoms. The number of ether oxygens (including phenoxy) is 2. The Morgan fingerprint density at radius 2 is 1.85 bits per heavy atom. The zero-order valence-electron chi connectivity index (χ0n) is 14.9. The van der Waals surface area contributed by atoms with Crippen LogP contribution in [0.1, 0.15) is 16.1 Å². The number of aromatic nitrogens is 2. The monoisotopic (exact) mass is 362 g/mol. The maximum absolute atomic E-state index is 11.7. The second-order valence-electron chi connectivity index (χ2n) is 6.19. The van der Waals surface area contributed by atoms with Gasteiger partial charge in [0.15, 0.2) is 5.69 Å². The zero-order valence-corrected chi connectivity index (χ0v) is 14.9. The van der Waals surface area contributed by atoms with E-state index in [1.807, 2.05) is 42.5 Å². The van der Waals surface area contributed by atoms with E-state index in [4.69, 9.17) is 9.47 Å². The Kier molecular flexibility index (Phi) is 4.25. The fraction of sp³-hybridized carbons (Fsp3) is 0.143. The fourth-order valence-electron chi connectivity index (χ4n) is 3.48. The summed E-state index contributed by atoms with van der Waals surface area (Å²) in [4.78, 5) is 19.1. The number of carboxylic acid groups (broad SMARTS) is 1. The Labute approximate surface area is 155 Å². The molecule has 0 amide bonds. The molecule has 0 aliphatic heterocycles. The van der Waals surface area contributed by atoms with E-state index < -0.39 is 5.97 Å². The topological polar surface area (TPSA) is 84.4 Å². The van der Waals surface area contributed by atoms with Crippen molar-refractivity contribution in [1.82, 2.24) is 9.97 Å². The third kappa shape index (κ3) is 2.80. The minimum absolute atomic E-state index is 0.00906. The summed E-state index contributed by atoms with van der Waals surface area (Å²) in [7, 11) is 3.18. The van der Waals surface area contributed by atoms with Gasteiger partial charge in [-0.1, -0.05) is 24.3 Å². The molecular formula is C21H18N2O4. The molecule has 0 saturated heterocycles.